The predicted octanol–water partition coefficient (Wildman–Crippen LogP) is 5.32. The smallest absolute Gasteiger partial charge is 0.408 e. The van der Waals surface area contributed by atoms with Gasteiger partial charge in [-0.1, -0.05) is 75.7 Å². The topological polar surface area (TPSA) is 108 Å². The lowest BCUT2D eigenvalue weighted by Gasteiger charge is -2.39. The number of carbonyl (C=O) groups excluding carboxylic acids is 3. The Morgan fingerprint density at radius 1 is 0.947 bits per heavy atom. The average Bonchev–Trinajstić information content (AvgIpc) is 2.88. The fourth-order valence-corrected chi connectivity index (χ4v) is 4.09. The van der Waals surface area contributed by atoms with Crippen LogP contribution >= 0.6 is 0 Å². The number of phenolic OH excluding ortho intramolecular Hbond substituents is 1. The van der Waals surface area contributed by atoms with E-state index in [9.17, 15) is 19.5 Å². The third-order valence-corrected chi connectivity index (χ3v) is 6.54. The van der Waals surface area contributed by atoms with Crippen LogP contribution in [0, 0.1) is 5.92 Å². The average molecular weight is 526 g/mol. The fourth-order valence-electron chi connectivity index (χ4n) is 4.09. The second-order valence-corrected chi connectivity index (χ2v) is 10.7. The second kappa shape index (κ2) is 13.8. The van der Waals surface area contributed by atoms with Crippen molar-refractivity contribution in [3.63, 3.8) is 0 Å². The lowest BCUT2D eigenvalue weighted by atomic mass is 9.94. The number of rotatable bonds is 11. The SMILES string of the molecule is CCC(C)C(NC(=O)OC(C)(C)C)C(=O)N(C(C)CC)C(C(=O)NCc1ccccc1)c1ccccc1O. The molecule has 2 aromatic carbocycles. The van der Waals surface area contributed by atoms with Crippen LogP contribution in [0.15, 0.2) is 54.6 Å². The summed E-state index contributed by atoms with van der Waals surface area (Å²) in [4.78, 5) is 42.2. The summed E-state index contributed by atoms with van der Waals surface area (Å²) in [6, 6.07) is 13.6. The van der Waals surface area contributed by atoms with Crippen molar-refractivity contribution >= 4 is 17.9 Å². The van der Waals surface area contributed by atoms with Crippen LogP contribution < -0.4 is 10.6 Å². The zero-order valence-electron chi connectivity index (χ0n) is 23.7. The Kier molecular flexibility index (Phi) is 11.2. The van der Waals surface area contributed by atoms with Gasteiger partial charge in [0, 0.05) is 18.2 Å². The molecule has 8 nitrogen and oxygen atoms in total. The van der Waals surface area contributed by atoms with Crippen LogP contribution in [0.4, 0.5) is 4.79 Å². The van der Waals surface area contributed by atoms with Gasteiger partial charge in [0.1, 0.15) is 23.4 Å². The van der Waals surface area contributed by atoms with Gasteiger partial charge in [0.05, 0.1) is 0 Å². The zero-order chi connectivity index (χ0) is 28.5. The number of benzene rings is 2. The Morgan fingerprint density at radius 2 is 1.55 bits per heavy atom. The van der Waals surface area contributed by atoms with Gasteiger partial charge in [-0.25, -0.2) is 4.79 Å². The van der Waals surface area contributed by atoms with Crippen LogP contribution in [0.1, 0.15) is 78.5 Å². The van der Waals surface area contributed by atoms with Gasteiger partial charge in [-0.3, -0.25) is 9.59 Å². The summed E-state index contributed by atoms with van der Waals surface area (Å²) in [5, 5.41) is 16.5. The van der Waals surface area contributed by atoms with E-state index >= 15 is 0 Å². The maximum Gasteiger partial charge on any atom is 0.408 e. The molecule has 0 radical (unpaired) electrons. The number of hydrogen-bond donors (Lipinski definition) is 3. The molecule has 8 heteroatoms. The van der Waals surface area contributed by atoms with E-state index in [4.69, 9.17) is 4.74 Å². The van der Waals surface area contributed by atoms with E-state index in [0.29, 0.717) is 18.4 Å². The van der Waals surface area contributed by atoms with Crippen molar-refractivity contribution in [3.8, 4) is 5.75 Å². The van der Waals surface area contributed by atoms with Crippen LogP contribution in [0.25, 0.3) is 0 Å². The van der Waals surface area contributed by atoms with E-state index in [1.165, 1.54) is 11.0 Å². The van der Waals surface area contributed by atoms with Crippen LogP contribution in [0.5, 0.6) is 5.75 Å². The highest BCUT2D eigenvalue weighted by molar-refractivity contribution is 5.93. The molecule has 0 bridgehead atoms. The van der Waals surface area contributed by atoms with Gasteiger partial charge in [-0.05, 0) is 51.7 Å². The Morgan fingerprint density at radius 3 is 2.11 bits per heavy atom. The number of carbonyl (C=O) groups is 3. The van der Waals surface area contributed by atoms with E-state index in [0.717, 1.165) is 5.56 Å². The van der Waals surface area contributed by atoms with Gasteiger partial charge in [0.2, 0.25) is 11.8 Å². The number of ether oxygens (including phenoxy) is 1. The molecule has 0 aromatic heterocycles. The molecule has 3 amide bonds. The van der Waals surface area contributed by atoms with E-state index in [1.807, 2.05) is 58.0 Å². The minimum atomic E-state index is -1.12. The first kappa shape index (κ1) is 30.7. The maximum absolute atomic E-state index is 14.2. The van der Waals surface area contributed by atoms with Gasteiger partial charge in [-0.15, -0.1) is 0 Å². The number of nitrogens with zero attached hydrogens (tertiary/aromatic N) is 1. The molecule has 2 rings (SSSR count). The first-order chi connectivity index (χ1) is 17.9. The summed E-state index contributed by atoms with van der Waals surface area (Å²) in [7, 11) is 0. The number of alkyl carbamates (subject to hydrolysis) is 1. The predicted molar refractivity (Wildman–Crippen MR) is 148 cm³/mol. The van der Waals surface area contributed by atoms with Crippen LogP contribution in [-0.2, 0) is 20.9 Å². The van der Waals surface area contributed by atoms with Gasteiger partial charge < -0.3 is 25.4 Å². The number of aromatic hydroxyl groups is 1. The first-order valence-electron chi connectivity index (χ1n) is 13.3. The van der Waals surface area contributed by atoms with Gasteiger partial charge in [-0.2, -0.15) is 0 Å². The van der Waals surface area contributed by atoms with Crippen molar-refractivity contribution in [3.05, 3.63) is 65.7 Å². The third kappa shape index (κ3) is 8.50. The number of nitrogens with one attached hydrogen (secondary N) is 2. The van der Waals surface area contributed by atoms with E-state index in [-0.39, 0.29) is 24.3 Å². The first-order valence-corrected chi connectivity index (χ1v) is 13.3. The molecule has 0 aliphatic heterocycles. The highest BCUT2D eigenvalue weighted by atomic mass is 16.6. The summed E-state index contributed by atoms with van der Waals surface area (Å²) in [6.45, 7) is 13.1. The highest BCUT2D eigenvalue weighted by Crippen LogP contribution is 2.32. The third-order valence-electron chi connectivity index (χ3n) is 6.54. The summed E-state index contributed by atoms with van der Waals surface area (Å²) >= 11 is 0. The molecule has 4 atom stereocenters. The molecular formula is C30H43N3O5. The number of para-hydroxylation sites is 1. The number of amides is 3. The molecule has 0 aliphatic carbocycles. The molecule has 2 aromatic rings. The Bertz CT molecular complexity index is 1070. The molecule has 0 spiro atoms. The molecule has 0 fully saturated rings. The van der Waals surface area contributed by atoms with E-state index < -0.39 is 35.6 Å². The lowest BCUT2D eigenvalue weighted by molar-refractivity contribution is -0.146. The monoisotopic (exact) mass is 525 g/mol. The van der Waals surface area contributed by atoms with Crippen molar-refractivity contribution in [1.29, 1.82) is 0 Å². The molecule has 208 valence electrons. The zero-order valence-corrected chi connectivity index (χ0v) is 23.7. The maximum atomic E-state index is 14.2. The molecule has 0 aliphatic rings. The second-order valence-electron chi connectivity index (χ2n) is 10.7. The largest absolute Gasteiger partial charge is 0.508 e. The Hall–Kier alpha value is -3.55. The minimum absolute atomic E-state index is 0.0892. The molecule has 0 saturated heterocycles. The standard InChI is InChI=1S/C30H43N3O5/c1-8-20(3)25(32-29(37)38-30(5,6)7)28(36)33(21(4)9-2)26(23-17-13-14-18-24(23)34)27(35)31-19-22-15-11-10-12-16-22/h10-18,20-21,25-26,34H,8-9,19H2,1-7H3,(H,31,35)(H,32,37). The van der Waals surface area contributed by atoms with Gasteiger partial charge in [0.25, 0.3) is 0 Å². The number of hydrogen-bond acceptors (Lipinski definition) is 5. The van der Waals surface area contributed by atoms with Crippen molar-refractivity contribution in [2.45, 2.75) is 91.6 Å². The summed E-state index contributed by atoms with van der Waals surface area (Å²) in [6.07, 6.45) is 0.469. The summed E-state index contributed by atoms with van der Waals surface area (Å²) in [5.74, 6) is -1.17. The summed E-state index contributed by atoms with van der Waals surface area (Å²) in [5.41, 5.74) is 0.480. The van der Waals surface area contributed by atoms with Crippen molar-refractivity contribution in [2.75, 3.05) is 0 Å². The lowest BCUT2D eigenvalue weighted by Crippen LogP contribution is -2.57. The van der Waals surface area contributed by atoms with Crippen LogP contribution in [0.3, 0.4) is 0 Å². The molecule has 0 saturated carbocycles. The minimum Gasteiger partial charge on any atom is -0.508 e. The fraction of sp³-hybridized carbons (Fsp3) is 0.500. The molecule has 0 heterocycles. The van der Waals surface area contributed by atoms with Crippen LogP contribution in [0.2, 0.25) is 0 Å². The van der Waals surface area contributed by atoms with E-state index in [2.05, 4.69) is 10.6 Å². The van der Waals surface area contributed by atoms with E-state index in [1.54, 1.807) is 39.0 Å². The normalized spacial score (nSPS) is 14.5. The van der Waals surface area contributed by atoms with Gasteiger partial charge in [0.15, 0.2) is 0 Å². The highest BCUT2D eigenvalue weighted by Gasteiger charge is 2.40. The molecule has 4 unspecified atom stereocenters. The van der Waals surface area contributed by atoms with Crippen LogP contribution in [-0.4, -0.2) is 45.6 Å². The van der Waals surface area contributed by atoms with Gasteiger partial charge >= 0.3 is 6.09 Å². The Labute approximate surface area is 226 Å². The van der Waals surface area contributed by atoms with Crippen molar-refractivity contribution in [2.24, 2.45) is 5.92 Å². The van der Waals surface area contributed by atoms with Crippen molar-refractivity contribution < 1.29 is 24.2 Å². The molecule has 3 N–H and O–H groups in total. The molecular weight excluding hydrogens is 482 g/mol. The summed E-state index contributed by atoms with van der Waals surface area (Å²) < 4.78 is 5.44. The molecule has 38 heavy (non-hydrogen) atoms. The number of phenols is 1. The Balaban J connectivity index is 2.52. The van der Waals surface area contributed by atoms with Crippen molar-refractivity contribution in [1.82, 2.24) is 15.5 Å². The quantitative estimate of drug-likeness (QED) is 0.368.